The first-order valence-electron chi connectivity index (χ1n) is 23.7. The second-order valence-electron chi connectivity index (χ2n) is 14.7. The van der Waals surface area contributed by atoms with Gasteiger partial charge in [-0.15, -0.1) is 0 Å². The molecule has 0 bridgehead atoms. The molecule has 0 fully saturated rings. The smallest absolute Gasteiger partial charge is 0.469 e. The number of aryl methyl sites for hydroxylation is 1. The van der Waals surface area contributed by atoms with Gasteiger partial charge in [-0.2, -0.15) is 0 Å². The summed E-state index contributed by atoms with van der Waals surface area (Å²) >= 11 is 0. The maximum absolute atomic E-state index is 10.3. The van der Waals surface area contributed by atoms with Crippen LogP contribution in [-0.2, 0) is 62.9 Å². The van der Waals surface area contributed by atoms with Crippen molar-refractivity contribution in [3.63, 3.8) is 0 Å². The Morgan fingerprint density at radius 3 is 1.02 bits per heavy atom. The van der Waals surface area contributed by atoms with Crippen LogP contribution in [0.5, 0.6) is 5.75 Å². The molecule has 374 valence electrons. The molecule has 0 aromatic heterocycles. The molecule has 16 nitrogen and oxygen atoms in total. The number of aliphatic hydroxyl groups is 1. The van der Waals surface area contributed by atoms with E-state index in [-0.39, 0.29) is 13.2 Å². The van der Waals surface area contributed by atoms with Crippen LogP contribution in [0.15, 0.2) is 24.3 Å². The van der Waals surface area contributed by atoms with E-state index in [4.69, 9.17) is 67.0 Å². The highest BCUT2D eigenvalue weighted by atomic mass is 31.2. The largest absolute Gasteiger partial charge is 0.491 e. The number of hydrogen-bond acceptors (Lipinski definition) is 14. The molecule has 0 unspecified atom stereocenters. The van der Waals surface area contributed by atoms with Crippen molar-refractivity contribution in [2.75, 3.05) is 152 Å². The fourth-order valence-corrected chi connectivity index (χ4v) is 6.01. The zero-order valence-corrected chi connectivity index (χ0v) is 40.2. The van der Waals surface area contributed by atoms with Gasteiger partial charge in [0.2, 0.25) is 0 Å². The maximum Gasteiger partial charge on any atom is 0.469 e. The molecule has 1 aromatic carbocycles. The molecule has 1 aromatic rings. The van der Waals surface area contributed by atoms with Gasteiger partial charge in [0.25, 0.3) is 0 Å². The molecule has 0 saturated heterocycles. The fourth-order valence-electron chi connectivity index (χ4n) is 5.65. The molecule has 1 rings (SSSR count). The van der Waals surface area contributed by atoms with E-state index in [0.29, 0.717) is 139 Å². The lowest BCUT2D eigenvalue weighted by molar-refractivity contribution is -0.0270. The second-order valence-corrected chi connectivity index (χ2v) is 15.9. The average Bonchev–Trinajstić information content (AvgIpc) is 3.27. The Hall–Kier alpha value is -1.31. The Morgan fingerprint density at radius 2 is 0.683 bits per heavy atom. The average molecular weight is 929 g/mol. The van der Waals surface area contributed by atoms with Gasteiger partial charge in [-0.25, -0.2) is 4.57 Å². The van der Waals surface area contributed by atoms with Crippen LogP contribution in [0.1, 0.15) is 109 Å². The lowest BCUT2D eigenvalue weighted by atomic mass is 10.0. The summed E-state index contributed by atoms with van der Waals surface area (Å²) in [5.41, 5.74) is 1.38. The predicted octanol–water partition coefficient (Wildman–Crippen LogP) is 7.36. The quantitative estimate of drug-likeness (QED) is 0.0434. The molecule has 17 heteroatoms. The Kier molecular flexibility index (Phi) is 50.6. The number of hydrogen-bond donors (Lipinski definition) is 3. The molecule has 0 heterocycles. The third kappa shape index (κ3) is 53.2. The predicted molar refractivity (Wildman–Crippen MR) is 245 cm³/mol. The summed E-state index contributed by atoms with van der Waals surface area (Å²) in [5.74, 6) is 0.886. The van der Waals surface area contributed by atoms with E-state index in [0.717, 1.165) is 31.4 Å². The van der Waals surface area contributed by atoms with Crippen molar-refractivity contribution in [1.82, 2.24) is 0 Å². The van der Waals surface area contributed by atoms with E-state index in [1.165, 1.54) is 76.2 Å². The van der Waals surface area contributed by atoms with E-state index in [2.05, 4.69) is 42.6 Å². The van der Waals surface area contributed by atoms with Crippen molar-refractivity contribution in [3.05, 3.63) is 29.8 Å². The Balaban J connectivity index is 0.00000233. The van der Waals surface area contributed by atoms with Gasteiger partial charge >= 0.3 is 7.82 Å². The van der Waals surface area contributed by atoms with Gasteiger partial charge in [-0.3, -0.25) is 4.52 Å². The fraction of sp³-hybridized carbons (Fsp3) is 0.870. The van der Waals surface area contributed by atoms with Crippen molar-refractivity contribution in [2.45, 2.75) is 110 Å². The summed E-state index contributed by atoms with van der Waals surface area (Å²) in [6, 6.07) is 8.45. The number of rotatable bonds is 50. The van der Waals surface area contributed by atoms with Crippen LogP contribution in [-0.4, -0.2) is 167 Å². The molecule has 0 amide bonds. The summed E-state index contributed by atoms with van der Waals surface area (Å²) in [5, 5.41) is 8.59. The molecule has 0 spiro atoms. The van der Waals surface area contributed by atoms with Crippen LogP contribution < -0.4 is 4.74 Å². The number of ether oxygens (including phenoxy) is 11. The third-order valence-corrected chi connectivity index (χ3v) is 9.60. The van der Waals surface area contributed by atoms with Crippen molar-refractivity contribution in [2.24, 2.45) is 0 Å². The molecule has 0 atom stereocenters. The topological polar surface area (TPSA) is 189 Å². The monoisotopic (exact) mass is 929 g/mol. The van der Waals surface area contributed by atoms with Gasteiger partial charge in [0.15, 0.2) is 0 Å². The molecular weight excluding hydrogens is 839 g/mol. The van der Waals surface area contributed by atoms with Gasteiger partial charge in [0, 0.05) is 0 Å². The minimum absolute atomic E-state index is 0.0267. The van der Waals surface area contributed by atoms with Crippen molar-refractivity contribution < 1.29 is 76.1 Å². The lowest BCUT2D eigenvalue weighted by Crippen LogP contribution is -2.15. The van der Waals surface area contributed by atoms with E-state index < -0.39 is 7.82 Å². The van der Waals surface area contributed by atoms with E-state index in [1.54, 1.807) is 0 Å². The zero-order chi connectivity index (χ0) is 45.8. The van der Waals surface area contributed by atoms with Crippen LogP contribution in [0, 0.1) is 0 Å². The number of phosphoric acid groups is 1. The van der Waals surface area contributed by atoms with Gasteiger partial charge in [0.05, 0.1) is 145 Å². The molecule has 3 N–H and O–H groups in total. The van der Waals surface area contributed by atoms with Crippen LogP contribution in [0.2, 0.25) is 0 Å². The molecule has 0 saturated carbocycles. The zero-order valence-electron chi connectivity index (χ0n) is 39.3. The van der Waals surface area contributed by atoms with Crippen molar-refractivity contribution in [3.8, 4) is 5.75 Å². The van der Waals surface area contributed by atoms with Crippen molar-refractivity contribution >= 4 is 7.82 Å². The SMILES string of the molecule is CCCCCCCCCOP(=O)(O)O.CCCCCCCCCc1ccc(OCCOCCOCCOCCOCCOCCOCCOCCOCCOCCOCCO)cc1. The van der Waals surface area contributed by atoms with E-state index >= 15 is 0 Å². The standard InChI is InChI=1S/C37H68O12.C9H21O4P/c1-2-3-4-5-6-7-8-9-36-10-12-37(13-11-36)49-35-34-48-33-32-47-31-30-46-29-28-45-27-26-44-25-24-43-23-22-42-21-20-41-19-18-40-17-16-39-15-14-38;1-2-3-4-5-6-7-8-9-13-14(10,11)12/h10-13,38H,2-9,14-35H2,1H3;2-9H2,1H3,(H2,10,11,12). The number of benzene rings is 1. The van der Waals surface area contributed by atoms with Crippen LogP contribution >= 0.6 is 7.82 Å². The van der Waals surface area contributed by atoms with Crippen LogP contribution in [0.4, 0.5) is 0 Å². The normalized spacial score (nSPS) is 11.6. The molecule has 0 radical (unpaired) electrons. The summed E-state index contributed by atoms with van der Waals surface area (Å²) in [4.78, 5) is 16.8. The molecular formula is C46H89O16P. The van der Waals surface area contributed by atoms with Crippen LogP contribution in [0.25, 0.3) is 0 Å². The highest BCUT2D eigenvalue weighted by Gasteiger charge is 2.12. The Labute approximate surface area is 380 Å². The number of phosphoric ester groups is 1. The Morgan fingerprint density at radius 1 is 0.381 bits per heavy atom. The third-order valence-electron chi connectivity index (χ3n) is 9.08. The van der Waals surface area contributed by atoms with Gasteiger partial charge < -0.3 is 67.0 Å². The summed E-state index contributed by atoms with van der Waals surface area (Å²) in [6.45, 7) is 15.2. The van der Waals surface area contributed by atoms with E-state index in [9.17, 15) is 4.57 Å². The summed E-state index contributed by atoms with van der Waals surface area (Å²) in [7, 11) is -4.23. The number of unbranched alkanes of at least 4 members (excludes halogenated alkanes) is 12. The van der Waals surface area contributed by atoms with Crippen molar-refractivity contribution in [1.29, 1.82) is 0 Å². The highest BCUT2D eigenvalue weighted by Crippen LogP contribution is 2.35. The van der Waals surface area contributed by atoms with Gasteiger partial charge in [-0.05, 0) is 37.0 Å². The maximum atomic E-state index is 10.3. The first kappa shape index (κ1) is 61.7. The molecule has 63 heavy (non-hydrogen) atoms. The first-order chi connectivity index (χ1) is 30.9. The second kappa shape index (κ2) is 51.7. The van der Waals surface area contributed by atoms with Gasteiger partial charge in [0.1, 0.15) is 12.4 Å². The first-order valence-corrected chi connectivity index (χ1v) is 25.3. The molecule has 0 aliphatic heterocycles. The van der Waals surface area contributed by atoms with E-state index in [1.807, 2.05) is 0 Å². The van der Waals surface area contributed by atoms with Gasteiger partial charge in [-0.1, -0.05) is 103 Å². The van der Waals surface area contributed by atoms with Crippen LogP contribution in [0.3, 0.4) is 0 Å². The minimum Gasteiger partial charge on any atom is -0.491 e. The summed E-state index contributed by atoms with van der Waals surface area (Å²) < 4.78 is 74.8. The highest BCUT2D eigenvalue weighted by molar-refractivity contribution is 7.46. The summed E-state index contributed by atoms with van der Waals surface area (Å²) in [6.07, 6.45) is 18.4. The molecule has 0 aliphatic carbocycles. The Bertz CT molecular complexity index is 1050. The minimum atomic E-state index is -4.23. The molecule has 0 aliphatic rings. The number of aliphatic hydroxyl groups excluding tert-OH is 1. The lowest BCUT2D eigenvalue weighted by Gasteiger charge is -2.09.